The summed E-state index contributed by atoms with van der Waals surface area (Å²) in [7, 11) is 0. The molecule has 0 fully saturated rings. The van der Waals surface area contributed by atoms with Gasteiger partial charge in [0.2, 0.25) is 0 Å². The predicted octanol–water partition coefficient (Wildman–Crippen LogP) is 4.68. The first kappa shape index (κ1) is 19.2. The van der Waals surface area contributed by atoms with Gasteiger partial charge in [0.15, 0.2) is 0 Å². The third kappa shape index (κ3) is 13.7. The number of halogens is 1. The lowest BCUT2D eigenvalue weighted by Crippen LogP contribution is -2.33. The van der Waals surface area contributed by atoms with Crippen LogP contribution in [0.2, 0.25) is 0 Å². The van der Waals surface area contributed by atoms with Crippen molar-refractivity contribution in [2.24, 2.45) is 5.73 Å². The molecular formula is C15H30ClN. The molecule has 0 aromatic heterocycles. The molecule has 2 heteroatoms. The average molecular weight is 260 g/mol. The summed E-state index contributed by atoms with van der Waals surface area (Å²) < 4.78 is 0. The summed E-state index contributed by atoms with van der Waals surface area (Å²) >= 11 is 0. The Bertz CT molecular complexity index is 213. The maximum absolute atomic E-state index is 6.03. The van der Waals surface area contributed by atoms with Crippen molar-refractivity contribution in [2.75, 3.05) is 0 Å². The van der Waals surface area contributed by atoms with E-state index < -0.39 is 0 Å². The molecule has 0 rings (SSSR count). The van der Waals surface area contributed by atoms with E-state index >= 15 is 0 Å². The topological polar surface area (TPSA) is 26.0 Å². The molecule has 0 aliphatic carbocycles. The number of hydrogen-bond donors (Lipinski definition) is 1. The van der Waals surface area contributed by atoms with E-state index in [0.29, 0.717) is 0 Å². The fraction of sp³-hybridized carbons (Fsp3) is 0.867. The van der Waals surface area contributed by atoms with Crippen LogP contribution in [0, 0.1) is 11.8 Å². The molecule has 0 saturated heterocycles. The van der Waals surface area contributed by atoms with Gasteiger partial charge in [-0.25, -0.2) is 0 Å². The monoisotopic (exact) mass is 259 g/mol. The second-order valence-corrected chi connectivity index (χ2v) is 5.02. The molecular weight excluding hydrogens is 230 g/mol. The van der Waals surface area contributed by atoms with E-state index in [1.807, 2.05) is 13.8 Å². The molecule has 0 aromatic rings. The van der Waals surface area contributed by atoms with Gasteiger partial charge in [-0.1, -0.05) is 64.2 Å². The lowest BCUT2D eigenvalue weighted by Gasteiger charge is -2.17. The molecule has 0 aromatic carbocycles. The first-order chi connectivity index (χ1) is 7.62. The molecule has 0 radical (unpaired) electrons. The van der Waals surface area contributed by atoms with E-state index in [1.54, 1.807) is 0 Å². The minimum absolute atomic E-state index is 0. The van der Waals surface area contributed by atoms with E-state index in [1.165, 1.54) is 51.4 Å². The van der Waals surface area contributed by atoms with Crippen molar-refractivity contribution in [3.05, 3.63) is 0 Å². The van der Waals surface area contributed by atoms with E-state index in [2.05, 4.69) is 18.8 Å². The second kappa shape index (κ2) is 12.3. The van der Waals surface area contributed by atoms with Crippen LogP contribution in [-0.4, -0.2) is 5.54 Å². The summed E-state index contributed by atoms with van der Waals surface area (Å²) in [6.45, 7) is 6.15. The van der Waals surface area contributed by atoms with Gasteiger partial charge in [-0.2, -0.15) is 0 Å². The number of nitrogens with two attached hydrogens (primary N) is 1. The molecule has 1 unspecified atom stereocenters. The Morgan fingerprint density at radius 2 is 1.41 bits per heavy atom. The lowest BCUT2D eigenvalue weighted by molar-refractivity contribution is 0.492. The zero-order valence-electron chi connectivity index (χ0n) is 11.8. The van der Waals surface area contributed by atoms with Crippen LogP contribution in [-0.2, 0) is 0 Å². The molecule has 2 N–H and O–H groups in total. The minimum Gasteiger partial charge on any atom is -0.315 e. The highest BCUT2D eigenvalue weighted by Gasteiger charge is 2.13. The van der Waals surface area contributed by atoms with E-state index in [0.717, 1.165) is 6.42 Å². The number of hydrogen-bond acceptors (Lipinski definition) is 1. The molecule has 0 amide bonds. The Balaban J connectivity index is 0. The molecule has 0 bridgehead atoms. The first-order valence-electron chi connectivity index (χ1n) is 6.85. The van der Waals surface area contributed by atoms with Gasteiger partial charge in [0, 0.05) is 0 Å². The molecule has 0 saturated carbocycles. The van der Waals surface area contributed by atoms with Crippen molar-refractivity contribution < 1.29 is 0 Å². The van der Waals surface area contributed by atoms with Crippen molar-refractivity contribution in [1.82, 2.24) is 0 Å². The van der Waals surface area contributed by atoms with Crippen molar-refractivity contribution in [2.45, 2.75) is 84.1 Å². The third-order valence-electron chi connectivity index (χ3n) is 2.96. The van der Waals surface area contributed by atoms with Gasteiger partial charge in [-0.3, -0.25) is 0 Å². The van der Waals surface area contributed by atoms with Crippen molar-refractivity contribution >= 4 is 12.4 Å². The van der Waals surface area contributed by atoms with Gasteiger partial charge >= 0.3 is 0 Å². The molecule has 1 nitrogen and oxygen atoms in total. The van der Waals surface area contributed by atoms with Crippen LogP contribution >= 0.6 is 12.4 Å². The Labute approximate surface area is 114 Å². The van der Waals surface area contributed by atoms with Gasteiger partial charge in [0.25, 0.3) is 0 Å². The van der Waals surface area contributed by atoms with Crippen LogP contribution in [0.3, 0.4) is 0 Å². The fourth-order valence-corrected chi connectivity index (χ4v) is 1.97. The van der Waals surface area contributed by atoms with Gasteiger partial charge < -0.3 is 5.73 Å². The zero-order valence-corrected chi connectivity index (χ0v) is 12.7. The highest BCUT2D eigenvalue weighted by molar-refractivity contribution is 5.85. The van der Waals surface area contributed by atoms with E-state index in [9.17, 15) is 0 Å². The van der Waals surface area contributed by atoms with E-state index in [4.69, 9.17) is 5.73 Å². The van der Waals surface area contributed by atoms with Gasteiger partial charge in [-0.05, 0) is 20.3 Å². The maximum Gasteiger partial charge on any atom is 0.0747 e. The average Bonchev–Trinajstić information content (AvgIpc) is 2.22. The SMILES string of the molecule is CC#CC(C)(N)CCCCCCCCCC.Cl. The molecule has 0 spiro atoms. The minimum atomic E-state index is -0.267. The molecule has 0 aliphatic rings. The molecule has 102 valence electrons. The Morgan fingerprint density at radius 1 is 0.941 bits per heavy atom. The van der Waals surface area contributed by atoms with Crippen LogP contribution in [0.1, 0.15) is 78.6 Å². The maximum atomic E-state index is 6.03. The Hall–Kier alpha value is -0.190. The van der Waals surface area contributed by atoms with E-state index in [-0.39, 0.29) is 17.9 Å². The Kier molecular flexibility index (Phi) is 13.8. The van der Waals surface area contributed by atoms with Crippen LogP contribution in [0.4, 0.5) is 0 Å². The van der Waals surface area contributed by atoms with Gasteiger partial charge in [0.05, 0.1) is 5.54 Å². The summed E-state index contributed by atoms with van der Waals surface area (Å²) in [4.78, 5) is 0. The van der Waals surface area contributed by atoms with Gasteiger partial charge in [-0.15, -0.1) is 18.3 Å². The molecule has 17 heavy (non-hydrogen) atoms. The van der Waals surface area contributed by atoms with Crippen LogP contribution in [0.5, 0.6) is 0 Å². The van der Waals surface area contributed by atoms with Crippen LogP contribution in [0.25, 0.3) is 0 Å². The quantitative estimate of drug-likeness (QED) is 0.472. The zero-order chi connectivity index (χ0) is 12.3. The summed E-state index contributed by atoms with van der Waals surface area (Å²) in [6, 6.07) is 0. The summed E-state index contributed by atoms with van der Waals surface area (Å²) in [6.07, 6.45) is 11.9. The van der Waals surface area contributed by atoms with Crippen molar-refractivity contribution in [1.29, 1.82) is 0 Å². The van der Waals surface area contributed by atoms with Crippen LogP contribution < -0.4 is 5.73 Å². The van der Waals surface area contributed by atoms with Crippen LogP contribution in [0.15, 0.2) is 0 Å². The third-order valence-corrected chi connectivity index (χ3v) is 2.96. The Morgan fingerprint density at radius 3 is 1.88 bits per heavy atom. The lowest BCUT2D eigenvalue weighted by atomic mass is 9.95. The van der Waals surface area contributed by atoms with Crippen molar-refractivity contribution in [3.8, 4) is 11.8 Å². The first-order valence-corrected chi connectivity index (χ1v) is 6.85. The summed E-state index contributed by atoms with van der Waals surface area (Å²) in [5.74, 6) is 5.98. The normalized spacial score (nSPS) is 13.2. The van der Waals surface area contributed by atoms with Gasteiger partial charge in [0.1, 0.15) is 0 Å². The summed E-state index contributed by atoms with van der Waals surface area (Å²) in [5.41, 5.74) is 5.77. The highest BCUT2D eigenvalue weighted by Crippen LogP contribution is 2.13. The highest BCUT2D eigenvalue weighted by atomic mass is 35.5. The van der Waals surface area contributed by atoms with Crippen molar-refractivity contribution in [3.63, 3.8) is 0 Å². The predicted molar refractivity (Wildman–Crippen MR) is 80.5 cm³/mol. The molecule has 0 heterocycles. The fourth-order valence-electron chi connectivity index (χ4n) is 1.97. The number of rotatable bonds is 9. The standard InChI is InChI=1S/C15H29N.ClH/c1-4-6-7-8-9-10-11-12-14-15(3,16)13-5-2;/h4,6-12,14,16H2,1-3H3;1H. The molecule has 1 atom stereocenters. The smallest absolute Gasteiger partial charge is 0.0747 e. The summed E-state index contributed by atoms with van der Waals surface area (Å²) in [5, 5.41) is 0. The largest absolute Gasteiger partial charge is 0.315 e. The number of unbranched alkanes of at least 4 members (excludes halogenated alkanes) is 7. The second-order valence-electron chi connectivity index (χ2n) is 5.02. The molecule has 0 aliphatic heterocycles.